The number of carbonyl (C=O) groups is 1. The molecule has 0 aliphatic carbocycles. The molecule has 0 aliphatic heterocycles. The van der Waals surface area contributed by atoms with Gasteiger partial charge in [0.25, 0.3) is 0 Å². The van der Waals surface area contributed by atoms with Gasteiger partial charge in [-0.3, -0.25) is 4.31 Å². The molecular weight excluding hydrogens is 467 g/mol. The Balaban J connectivity index is 1.87. The third kappa shape index (κ3) is 6.84. The highest BCUT2D eigenvalue weighted by atomic mass is 32.2. The molecule has 0 atom stereocenters. The minimum absolute atomic E-state index is 0.0322. The monoisotopic (exact) mass is 491 g/mol. The van der Waals surface area contributed by atoms with E-state index in [1.54, 1.807) is 30.3 Å². The Morgan fingerprint density at radius 1 is 0.912 bits per heavy atom. The number of benzene rings is 3. The van der Waals surface area contributed by atoms with Gasteiger partial charge in [-0.2, -0.15) is 13.2 Å². The Bertz CT molecular complexity index is 1210. The van der Waals surface area contributed by atoms with Crippen molar-refractivity contribution in [2.75, 3.05) is 17.1 Å². The molecule has 34 heavy (non-hydrogen) atoms. The predicted octanol–water partition coefficient (Wildman–Crippen LogP) is 5.46. The molecule has 0 heterocycles. The molecule has 0 aliphatic rings. The summed E-state index contributed by atoms with van der Waals surface area (Å²) in [6.07, 6.45) is -2.82. The molecule has 0 spiro atoms. The van der Waals surface area contributed by atoms with Crippen molar-refractivity contribution in [3.8, 4) is 0 Å². The molecule has 9 heteroatoms. The molecule has 3 aromatic rings. The second kappa shape index (κ2) is 10.7. The number of nitrogens with zero attached hydrogens (tertiary/aromatic N) is 1. The Morgan fingerprint density at radius 3 is 2.06 bits per heavy atom. The van der Waals surface area contributed by atoms with Gasteiger partial charge in [-0.15, -0.1) is 0 Å². The maximum Gasteiger partial charge on any atom is 0.417 e. The first-order valence-electron chi connectivity index (χ1n) is 10.5. The lowest BCUT2D eigenvalue weighted by molar-refractivity contribution is -0.138. The molecule has 0 radical (unpaired) electrons. The summed E-state index contributed by atoms with van der Waals surface area (Å²) >= 11 is 0. The third-order valence-corrected chi connectivity index (χ3v) is 6.29. The van der Waals surface area contributed by atoms with E-state index in [1.165, 1.54) is 0 Å². The van der Waals surface area contributed by atoms with E-state index in [1.807, 2.05) is 30.3 Å². The molecule has 0 saturated carbocycles. The summed E-state index contributed by atoms with van der Waals surface area (Å²) in [6, 6.07) is 20.6. The Kier molecular flexibility index (Phi) is 7.98. The summed E-state index contributed by atoms with van der Waals surface area (Å²) in [5.41, 5.74) is -0.340. The third-order valence-electron chi connectivity index (χ3n) is 5.10. The van der Waals surface area contributed by atoms with E-state index in [0.29, 0.717) is 24.5 Å². The summed E-state index contributed by atoms with van der Waals surface area (Å²) in [5.74, 6) is -1.18. The molecule has 0 N–H and O–H groups in total. The van der Waals surface area contributed by atoms with Gasteiger partial charge < -0.3 is 4.74 Å². The SMILES string of the molecule is CS(=O)(=O)N(CCCc1ccccc1)c1ccc(C(F)(F)F)c(C(=O)OCc2ccccc2)c1. The average molecular weight is 492 g/mol. The first kappa shape index (κ1) is 25.3. The highest BCUT2D eigenvalue weighted by Crippen LogP contribution is 2.35. The fraction of sp³-hybridized carbons (Fsp3) is 0.240. The lowest BCUT2D eigenvalue weighted by atomic mass is 10.1. The molecular formula is C25H24F3NO4S. The zero-order valence-electron chi connectivity index (χ0n) is 18.5. The van der Waals surface area contributed by atoms with Crippen LogP contribution in [0.1, 0.15) is 33.5 Å². The van der Waals surface area contributed by atoms with E-state index >= 15 is 0 Å². The second-order valence-corrected chi connectivity index (χ2v) is 9.62. The zero-order valence-corrected chi connectivity index (χ0v) is 19.3. The van der Waals surface area contributed by atoms with E-state index in [9.17, 15) is 26.4 Å². The van der Waals surface area contributed by atoms with Gasteiger partial charge in [-0.25, -0.2) is 13.2 Å². The van der Waals surface area contributed by atoms with E-state index in [2.05, 4.69) is 0 Å². The van der Waals surface area contributed by atoms with E-state index < -0.39 is 33.3 Å². The van der Waals surface area contributed by atoms with Gasteiger partial charge in [0.05, 0.1) is 23.1 Å². The van der Waals surface area contributed by atoms with Crippen LogP contribution in [0.5, 0.6) is 0 Å². The van der Waals surface area contributed by atoms with Crippen molar-refractivity contribution < 1.29 is 31.1 Å². The summed E-state index contributed by atoms with van der Waals surface area (Å²) in [4.78, 5) is 12.6. The van der Waals surface area contributed by atoms with Crippen LogP contribution >= 0.6 is 0 Å². The normalized spacial score (nSPS) is 11.8. The average Bonchev–Trinajstić information content (AvgIpc) is 2.80. The van der Waals surface area contributed by atoms with Gasteiger partial charge in [-0.1, -0.05) is 60.7 Å². The van der Waals surface area contributed by atoms with Gasteiger partial charge in [-0.05, 0) is 42.2 Å². The number of esters is 1. The second-order valence-electron chi connectivity index (χ2n) is 7.71. The Morgan fingerprint density at radius 2 is 1.50 bits per heavy atom. The molecule has 0 aromatic heterocycles. The maximum absolute atomic E-state index is 13.6. The molecule has 180 valence electrons. The number of sulfonamides is 1. The lowest BCUT2D eigenvalue weighted by Gasteiger charge is -2.24. The van der Waals surface area contributed by atoms with Crippen LogP contribution in [0.2, 0.25) is 0 Å². The van der Waals surface area contributed by atoms with Gasteiger partial charge in [0, 0.05) is 6.54 Å². The highest BCUT2D eigenvalue weighted by Gasteiger charge is 2.36. The van der Waals surface area contributed by atoms with Gasteiger partial charge in [0.2, 0.25) is 10.0 Å². The van der Waals surface area contributed by atoms with Gasteiger partial charge in [0.1, 0.15) is 6.61 Å². The van der Waals surface area contributed by atoms with Crippen LogP contribution in [0.25, 0.3) is 0 Å². The van der Waals surface area contributed by atoms with Crippen molar-refractivity contribution in [3.05, 3.63) is 101 Å². The molecule has 0 fully saturated rings. The topological polar surface area (TPSA) is 63.7 Å². The van der Waals surface area contributed by atoms with Crippen LogP contribution in [0.3, 0.4) is 0 Å². The van der Waals surface area contributed by atoms with Gasteiger partial charge in [0.15, 0.2) is 0 Å². The lowest BCUT2D eigenvalue weighted by Crippen LogP contribution is -2.31. The van der Waals surface area contributed by atoms with Crippen molar-refractivity contribution in [2.24, 2.45) is 0 Å². The Labute approximate surface area is 196 Å². The first-order chi connectivity index (χ1) is 16.1. The van der Waals surface area contributed by atoms with Crippen molar-refractivity contribution >= 4 is 21.7 Å². The fourth-order valence-corrected chi connectivity index (χ4v) is 4.42. The summed E-state index contributed by atoms with van der Waals surface area (Å²) in [6.45, 7) is -0.175. The molecule has 0 amide bonds. The molecule has 5 nitrogen and oxygen atoms in total. The van der Waals surface area contributed by atoms with Crippen molar-refractivity contribution in [1.29, 1.82) is 0 Å². The van der Waals surface area contributed by atoms with Crippen molar-refractivity contribution in [2.45, 2.75) is 25.6 Å². The quantitative estimate of drug-likeness (QED) is 0.373. The van der Waals surface area contributed by atoms with E-state index in [0.717, 1.165) is 28.3 Å². The Hall–Kier alpha value is -3.33. The van der Waals surface area contributed by atoms with E-state index in [4.69, 9.17) is 4.74 Å². The number of ether oxygens (including phenoxy) is 1. The standard InChI is InChI=1S/C25H24F3NO4S/c1-34(31,32)29(16-8-13-19-9-4-2-5-10-19)21-14-15-23(25(26,27)28)22(17-21)24(30)33-18-20-11-6-3-7-12-20/h2-7,9-12,14-15,17H,8,13,16,18H2,1H3. The molecule has 0 unspecified atom stereocenters. The number of rotatable bonds is 9. The van der Waals surface area contributed by atoms with Crippen molar-refractivity contribution in [1.82, 2.24) is 0 Å². The molecule has 0 saturated heterocycles. The minimum Gasteiger partial charge on any atom is -0.457 e. The summed E-state index contributed by atoms with van der Waals surface area (Å²) < 4.78 is 71.7. The highest BCUT2D eigenvalue weighted by molar-refractivity contribution is 7.92. The number of hydrogen-bond acceptors (Lipinski definition) is 4. The van der Waals surface area contributed by atoms with Crippen LogP contribution in [0, 0.1) is 0 Å². The summed E-state index contributed by atoms with van der Waals surface area (Å²) in [5, 5.41) is 0. The maximum atomic E-state index is 13.6. The molecule has 3 rings (SSSR count). The fourth-order valence-electron chi connectivity index (χ4n) is 3.46. The van der Waals surface area contributed by atoms with Crippen LogP contribution in [-0.4, -0.2) is 27.2 Å². The number of halogens is 3. The van der Waals surface area contributed by atoms with Crippen LogP contribution < -0.4 is 4.31 Å². The number of anilines is 1. The van der Waals surface area contributed by atoms with Crippen molar-refractivity contribution in [3.63, 3.8) is 0 Å². The molecule has 0 bridgehead atoms. The van der Waals surface area contributed by atoms with E-state index in [-0.39, 0.29) is 18.8 Å². The zero-order chi connectivity index (χ0) is 24.8. The number of alkyl halides is 3. The predicted molar refractivity (Wildman–Crippen MR) is 124 cm³/mol. The van der Waals surface area contributed by atoms with Crippen LogP contribution in [-0.2, 0) is 34.0 Å². The summed E-state index contributed by atoms with van der Waals surface area (Å²) in [7, 11) is -3.82. The molecule has 3 aromatic carbocycles. The van der Waals surface area contributed by atoms with Gasteiger partial charge >= 0.3 is 12.1 Å². The smallest absolute Gasteiger partial charge is 0.417 e. The van der Waals surface area contributed by atoms with Crippen LogP contribution in [0.4, 0.5) is 18.9 Å². The number of hydrogen-bond donors (Lipinski definition) is 0. The number of aryl methyl sites for hydroxylation is 1. The minimum atomic E-state index is -4.82. The first-order valence-corrected chi connectivity index (χ1v) is 12.3. The van der Waals surface area contributed by atoms with Crippen LogP contribution in [0.15, 0.2) is 78.9 Å². The number of carbonyl (C=O) groups excluding carboxylic acids is 1. The largest absolute Gasteiger partial charge is 0.457 e.